The number of methoxy groups -OCH3 is 2. The summed E-state index contributed by atoms with van der Waals surface area (Å²) in [7, 11) is 3.26. The number of rotatable bonds is 6. The first-order valence-corrected chi connectivity index (χ1v) is 10.0. The molecule has 2 N–H and O–H groups in total. The molecule has 1 aromatic carbocycles. The maximum atomic E-state index is 12.7. The van der Waals surface area contributed by atoms with Crippen LogP contribution in [-0.4, -0.2) is 44.9 Å². The van der Waals surface area contributed by atoms with Crippen molar-refractivity contribution in [2.24, 2.45) is 17.8 Å². The molecule has 1 aromatic rings. The van der Waals surface area contributed by atoms with Gasteiger partial charge in [-0.05, 0) is 43.7 Å². The zero-order valence-electron chi connectivity index (χ0n) is 16.5. The Morgan fingerprint density at radius 2 is 2.21 bits per heavy atom. The molecule has 1 aliphatic heterocycles. The minimum absolute atomic E-state index is 0.0147. The van der Waals surface area contributed by atoms with Crippen LogP contribution in [0.1, 0.15) is 42.5 Å². The number of fused-ring (bicyclic) bond motifs is 3. The lowest BCUT2D eigenvalue weighted by molar-refractivity contribution is -0.146. The van der Waals surface area contributed by atoms with Crippen molar-refractivity contribution in [1.82, 2.24) is 10.6 Å². The van der Waals surface area contributed by atoms with Gasteiger partial charge in [0, 0.05) is 44.6 Å². The number of carbonyl (C=O) groups is 2. The SMILES string of the molecule is COCCCNC(=O)[C@H]1C[C@@H]2CC[C@@H]1C[C@@]21NC(=O)c2ccc(OC)cc2O1. The third-order valence-corrected chi connectivity index (χ3v) is 6.43. The second-order valence-corrected chi connectivity index (χ2v) is 8.03. The highest BCUT2D eigenvalue weighted by Crippen LogP contribution is 2.52. The van der Waals surface area contributed by atoms with Gasteiger partial charge in [-0.25, -0.2) is 0 Å². The fraction of sp³-hybridized carbons (Fsp3) is 0.619. The Kier molecular flexibility index (Phi) is 5.19. The first-order valence-electron chi connectivity index (χ1n) is 10.0. The monoisotopic (exact) mass is 388 g/mol. The molecule has 7 nitrogen and oxygen atoms in total. The molecule has 0 saturated heterocycles. The van der Waals surface area contributed by atoms with Gasteiger partial charge >= 0.3 is 0 Å². The smallest absolute Gasteiger partial charge is 0.258 e. The minimum atomic E-state index is -0.716. The van der Waals surface area contributed by atoms with Gasteiger partial charge < -0.3 is 24.8 Å². The Morgan fingerprint density at radius 3 is 2.93 bits per heavy atom. The molecular weight excluding hydrogens is 360 g/mol. The van der Waals surface area contributed by atoms with Crippen molar-refractivity contribution in [3.8, 4) is 11.5 Å². The van der Waals surface area contributed by atoms with Crippen molar-refractivity contribution in [2.45, 2.75) is 37.8 Å². The normalized spacial score (nSPS) is 30.4. The van der Waals surface area contributed by atoms with E-state index < -0.39 is 5.72 Å². The van der Waals surface area contributed by atoms with Gasteiger partial charge in [0.1, 0.15) is 11.5 Å². The molecule has 4 atom stereocenters. The van der Waals surface area contributed by atoms with Gasteiger partial charge in [-0.15, -0.1) is 0 Å². The summed E-state index contributed by atoms with van der Waals surface area (Å²) in [5.74, 6) is 1.55. The topological polar surface area (TPSA) is 85.9 Å². The molecule has 5 rings (SSSR count). The second kappa shape index (κ2) is 7.62. The molecule has 0 radical (unpaired) electrons. The highest BCUT2D eigenvalue weighted by Gasteiger charge is 2.57. The lowest BCUT2D eigenvalue weighted by Gasteiger charge is -2.55. The number of benzene rings is 1. The molecule has 4 aliphatic rings. The van der Waals surface area contributed by atoms with Crippen molar-refractivity contribution < 1.29 is 23.8 Å². The van der Waals surface area contributed by atoms with Gasteiger partial charge in [-0.3, -0.25) is 9.59 Å². The lowest BCUT2D eigenvalue weighted by atomic mass is 9.60. The molecule has 7 heteroatoms. The molecule has 2 bridgehead atoms. The van der Waals surface area contributed by atoms with E-state index in [-0.39, 0.29) is 29.6 Å². The van der Waals surface area contributed by atoms with E-state index in [9.17, 15) is 9.59 Å². The average Bonchev–Trinajstić information content (AvgIpc) is 2.70. The Morgan fingerprint density at radius 1 is 1.36 bits per heavy atom. The Balaban J connectivity index is 1.48. The predicted molar refractivity (Wildman–Crippen MR) is 102 cm³/mol. The summed E-state index contributed by atoms with van der Waals surface area (Å²) in [6.45, 7) is 1.27. The molecule has 3 saturated carbocycles. The standard InChI is InChI=1S/C21H28N2O5/c1-26-9-3-8-22-19(24)17-10-14-5-4-13(17)12-21(14)23-20(25)16-7-6-15(27-2)11-18(16)28-21/h6-7,11,13-14,17H,3-5,8-10,12H2,1-2H3,(H,22,24)(H,23,25)/t13-,14+,17+,21+/m1/s1. The summed E-state index contributed by atoms with van der Waals surface area (Å²) in [6, 6.07) is 5.27. The van der Waals surface area contributed by atoms with E-state index in [1.165, 1.54) is 0 Å². The van der Waals surface area contributed by atoms with Crippen molar-refractivity contribution >= 4 is 11.8 Å². The van der Waals surface area contributed by atoms with Crippen LogP contribution in [0.15, 0.2) is 18.2 Å². The first kappa shape index (κ1) is 19.1. The maximum Gasteiger partial charge on any atom is 0.258 e. The van der Waals surface area contributed by atoms with Crippen LogP contribution in [0, 0.1) is 17.8 Å². The molecule has 28 heavy (non-hydrogen) atoms. The number of hydrogen-bond acceptors (Lipinski definition) is 5. The van der Waals surface area contributed by atoms with Crippen LogP contribution in [0.2, 0.25) is 0 Å². The summed E-state index contributed by atoms with van der Waals surface area (Å²) in [4.78, 5) is 25.4. The van der Waals surface area contributed by atoms with Crippen LogP contribution in [-0.2, 0) is 9.53 Å². The number of amides is 2. The van der Waals surface area contributed by atoms with E-state index >= 15 is 0 Å². The molecule has 0 unspecified atom stereocenters. The summed E-state index contributed by atoms with van der Waals surface area (Å²) < 4.78 is 16.7. The number of hydrogen-bond donors (Lipinski definition) is 2. The van der Waals surface area contributed by atoms with E-state index in [2.05, 4.69) is 10.6 Å². The van der Waals surface area contributed by atoms with Gasteiger partial charge in [0.2, 0.25) is 5.91 Å². The molecular formula is C21H28N2O5. The van der Waals surface area contributed by atoms with E-state index in [0.29, 0.717) is 36.6 Å². The molecule has 2 amide bonds. The van der Waals surface area contributed by atoms with Crippen LogP contribution in [0.3, 0.4) is 0 Å². The molecule has 152 valence electrons. The maximum absolute atomic E-state index is 12.7. The molecule has 3 aliphatic carbocycles. The van der Waals surface area contributed by atoms with Crippen molar-refractivity contribution in [3.05, 3.63) is 23.8 Å². The van der Waals surface area contributed by atoms with Crippen LogP contribution in [0.5, 0.6) is 11.5 Å². The first-order chi connectivity index (χ1) is 13.6. The Bertz CT molecular complexity index is 767. The second-order valence-electron chi connectivity index (χ2n) is 8.03. The van der Waals surface area contributed by atoms with Crippen LogP contribution in [0.25, 0.3) is 0 Å². The molecule has 1 heterocycles. The van der Waals surface area contributed by atoms with Gasteiger partial charge in [-0.1, -0.05) is 0 Å². The number of carbonyl (C=O) groups excluding carboxylic acids is 2. The number of ether oxygens (including phenoxy) is 3. The van der Waals surface area contributed by atoms with Crippen molar-refractivity contribution in [3.63, 3.8) is 0 Å². The fourth-order valence-corrected chi connectivity index (χ4v) is 5.00. The number of nitrogens with one attached hydrogen (secondary N) is 2. The van der Waals surface area contributed by atoms with E-state index in [4.69, 9.17) is 14.2 Å². The highest BCUT2D eigenvalue weighted by molar-refractivity contribution is 5.98. The Labute approximate surface area is 165 Å². The predicted octanol–water partition coefficient (Wildman–Crippen LogP) is 2.10. The minimum Gasteiger partial charge on any atom is -0.497 e. The van der Waals surface area contributed by atoms with Crippen LogP contribution in [0.4, 0.5) is 0 Å². The van der Waals surface area contributed by atoms with Gasteiger partial charge in [-0.2, -0.15) is 0 Å². The van der Waals surface area contributed by atoms with E-state index in [0.717, 1.165) is 25.7 Å². The van der Waals surface area contributed by atoms with E-state index in [1.807, 2.05) is 0 Å². The van der Waals surface area contributed by atoms with Crippen molar-refractivity contribution in [2.75, 3.05) is 27.4 Å². The fourth-order valence-electron chi connectivity index (χ4n) is 5.00. The van der Waals surface area contributed by atoms with Crippen molar-refractivity contribution in [1.29, 1.82) is 0 Å². The lowest BCUT2D eigenvalue weighted by Crippen LogP contribution is -2.66. The third-order valence-electron chi connectivity index (χ3n) is 6.43. The Hall–Kier alpha value is -2.28. The van der Waals surface area contributed by atoms with Gasteiger partial charge in [0.05, 0.1) is 12.7 Å². The van der Waals surface area contributed by atoms with Crippen LogP contribution < -0.4 is 20.1 Å². The largest absolute Gasteiger partial charge is 0.497 e. The quantitative estimate of drug-likeness (QED) is 0.729. The molecule has 1 spiro atoms. The average molecular weight is 388 g/mol. The van der Waals surface area contributed by atoms with Crippen LogP contribution >= 0.6 is 0 Å². The summed E-state index contributed by atoms with van der Waals surface area (Å²) in [5, 5.41) is 6.17. The molecule has 0 aromatic heterocycles. The third kappa shape index (κ3) is 3.32. The summed E-state index contributed by atoms with van der Waals surface area (Å²) in [5.41, 5.74) is -0.188. The summed E-state index contributed by atoms with van der Waals surface area (Å²) in [6.07, 6.45) is 4.16. The van der Waals surface area contributed by atoms with Gasteiger partial charge in [0.15, 0.2) is 5.72 Å². The summed E-state index contributed by atoms with van der Waals surface area (Å²) >= 11 is 0. The highest BCUT2D eigenvalue weighted by atomic mass is 16.5. The zero-order valence-corrected chi connectivity index (χ0v) is 16.5. The zero-order chi connectivity index (χ0) is 19.7. The van der Waals surface area contributed by atoms with E-state index in [1.54, 1.807) is 32.4 Å². The molecule has 3 fully saturated rings. The van der Waals surface area contributed by atoms with Gasteiger partial charge in [0.25, 0.3) is 5.91 Å².